The molecule has 1 unspecified atom stereocenters. The van der Waals surface area contributed by atoms with E-state index in [2.05, 4.69) is 0 Å². The molecule has 6 nitrogen and oxygen atoms in total. The molecule has 6 heteroatoms. The molecule has 1 N–H and O–H groups in total. The van der Waals surface area contributed by atoms with Crippen LogP contribution in [0.3, 0.4) is 0 Å². The fraction of sp³-hybridized carbons (Fsp3) is 0.261. The molecule has 0 spiro atoms. The number of fused-ring (bicyclic) bond motifs is 3. The minimum absolute atomic E-state index is 0.283. The van der Waals surface area contributed by atoms with Crippen molar-refractivity contribution in [2.75, 3.05) is 0 Å². The standard InChI is InChI=1S/C23H23N3O3/c1-4-7-17(23(28)29)19-20(15-12-10-14(2)11-13-15)26-21(25(3)22(19)27)16-8-5-6-9-18(16)24-26/h5-6,8-13,17H,4,7H2,1-3H3,(H,28,29). The zero-order valence-corrected chi connectivity index (χ0v) is 16.7. The minimum atomic E-state index is -0.992. The zero-order chi connectivity index (χ0) is 20.7. The average Bonchev–Trinajstić information content (AvgIpc) is 3.09. The van der Waals surface area contributed by atoms with E-state index in [0.717, 1.165) is 22.0 Å². The van der Waals surface area contributed by atoms with E-state index in [1.54, 1.807) is 11.6 Å². The molecular formula is C23H23N3O3. The number of aryl methyl sites for hydroxylation is 2. The quantitative estimate of drug-likeness (QED) is 0.557. The van der Waals surface area contributed by atoms with Crippen molar-refractivity contribution in [2.24, 2.45) is 7.05 Å². The van der Waals surface area contributed by atoms with E-state index in [1.165, 1.54) is 4.57 Å². The van der Waals surface area contributed by atoms with E-state index in [4.69, 9.17) is 5.10 Å². The highest BCUT2D eigenvalue weighted by molar-refractivity contribution is 5.94. The number of rotatable bonds is 5. The number of carboxylic acids is 1. The maximum absolute atomic E-state index is 13.5. The smallest absolute Gasteiger partial charge is 0.311 e. The topological polar surface area (TPSA) is 76.6 Å². The Morgan fingerprint density at radius 3 is 2.48 bits per heavy atom. The molecule has 0 amide bonds. The van der Waals surface area contributed by atoms with Gasteiger partial charge in [0.25, 0.3) is 5.56 Å². The number of aliphatic carboxylic acids is 1. The van der Waals surface area contributed by atoms with E-state index in [9.17, 15) is 14.7 Å². The molecule has 0 aliphatic rings. The van der Waals surface area contributed by atoms with Gasteiger partial charge in [0.05, 0.1) is 22.7 Å². The van der Waals surface area contributed by atoms with Crippen molar-refractivity contribution in [3.8, 4) is 11.3 Å². The number of carbonyl (C=O) groups is 1. The van der Waals surface area contributed by atoms with Crippen LogP contribution in [0, 0.1) is 6.92 Å². The fourth-order valence-electron chi connectivity index (χ4n) is 3.97. The predicted octanol–water partition coefficient (Wildman–Crippen LogP) is 4.13. The molecule has 4 rings (SSSR count). The Bertz CT molecular complexity index is 1280. The Labute approximate surface area is 168 Å². The van der Waals surface area contributed by atoms with Crippen LogP contribution < -0.4 is 5.56 Å². The van der Waals surface area contributed by atoms with Crippen LogP contribution in [0.1, 0.15) is 36.8 Å². The molecule has 0 radical (unpaired) electrons. The third-order valence-corrected chi connectivity index (χ3v) is 5.42. The van der Waals surface area contributed by atoms with Crippen LogP contribution in [0.25, 0.3) is 27.8 Å². The summed E-state index contributed by atoms with van der Waals surface area (Å²) in [6.45, 7) is 3.91. The summed E-state index contributed by atoms with van der Waals surface area (Å²) in [5.41, 5.74) is 3.83. The monoisotopic (exact) mass is 389 g/mol. The van der Waals surface area contributed by atoms with Gasteiger partial charge < -0.3 is 5.11 Å². The highest BCUT2D eigenvalue weighted by atomic mass is 16.4. The number of hydrogen-bond donors (Lipinski definition) is 1. The van der Waals surface area contributed by atoms with Gasteiger partial charge in [-0.1, -0.05) is 55.3 Å². The molecule has 4 aromatic rings. The molecule has 0 aliphatic carbocycles. The van der Waals surface area contributed by atoms with Gasteiger partial charge in [-0.15, -0.1) is 0 Å². The van der Waals surface area contributed by atoms with Gasteiger partial charge in [0.2, 0.25) is 0 Å². The van der Waals surface area contributed by atoms with E-state index in [1.807, 2.05) is 62.4 Å². The van der Waals surface area contributed by atoms with Crippen molar-refractivity contribution in [3.05, 3.63) is 70.0 Å². The summed E-state index contributed by atoms with van der Waals surface area (Å²) < 4.78 is 3.26. The molecule has 0 fully saturated rings. The second-order valence-corrected chi connectivity index (χ2v) is 7.42. The lowest BCUT2D eigenvalue weighted by atomic mass is 9.91. The number of hydrogen-bond acceptors (Lipinski definition) is 3. The second-order valence-electron chi connectivity index (χ2n) is 7.42. The van der Waals surface area contributed by atoms with Gasteiger partial charge in [0, 0.05) is 18.0 Å². The molecule has 148 valence electrons. The first-order valence-corrected chi connectivity index (χ1v) is 9.74. The SMILES string of the molecule is CCCC(C(=O)O)c1c(-c2ccc(C)cc2)n2nc3ccccc3c2n(C)c1=O. The molecule has 1 atom stereocenters. The predicted molar refractivity (Wildman–Crippen MR) is 113 cm³/mol. The summed E-state index contributed by atoms with van der Waals surface area (Å²) in [7, 11) is 1.68. The first-order valence-electron chi connectivity index (χ1n) is 9.74. The third-order valence-electron chi connectivity index (χ3n) is 5.42. The Hall–Kier alpha value is -3.41. The van der Waals surface area contributed by atoms with Gasteiger partial charge in [-0.25, -0.2) is 4.52 Å². The van der Waals surface area contributed by atoms with Gasteiger partial charge in [-0.3, -0.25) is 14.2 Å². The zero-order valence-electron chi connectivity index (χ0n) is 16.7. The van der Waals surface area contributed by atoms with Gasteiger partial charge >= 0.3 is 5.97 Å². The van der Waals surface area contributed by atoms with Crippen LogP contribution in [0.2, 0.25) is 0 Å². The summed E-state index contributed by atoms with van der Waals surface area (Å²) in [5, 5.41) is 15.5. The lowest BCUT2D eigenvalue weighted by Gasteiger charge is -2.19. The first-order chi connectivity index (χ1) is 13.9. The Kier molecular flexibility index (Phi) is 4.70. The number of nitrogens with zero attached hydrogens (tertiary/aromatic N) is 3. The average molecular weight is 389 g/mol. The van der Waals surface area contributed by atoms with Crippen LogP contribution >= 0.6 is 0 Å². The second kappa shape index (κ2) is 7.20. The number of aromatic nitrogens is 3. The van der Waals surface area contributed by atoms with Crippen LogP contribution in [-0.4, -0.2) is 25.3 Å². The van der Waals surface area contributed by atoms with Crippen molar-refractivity contribution in [1.82, 2.24) is 14.2 Å². The molecule has 0 bridgehead atoms. The van der Waals surface area contributed by atoms with Crippen LogP contribution in [0.5, 0.6) is 0 Å². The number of benzene rings is 2. The van der Waals surface area contributed by atoms with Gasteiger partial charge in [-0.2, -0.15) is 5.10 Å². The molecule has 2 aromatic carbocycles. The van der Waals surface area contributed by atoms with Crippen molar-refractivity contribution >= 4 is 22.5 Å². The van der Waals surface area contributed by atoms with E-state index in [-0.39, 0.29) is 11.1 Å². The normalized spacial score (nSPS) is 12.5. The summed E-state index contributed by atoms with van der Waals surface area (Å²) in [4.78, 5) is 25.6. The summed E-state index contributed by atoms with van der Waals surface area (Å²) in [6, 6.07) is 15.4. The van der Waals surface area contributed by atoms with E-state index < -0.39 is 11.9 Å². The van der Waals surface area contributed by atoms with E-state index >= 15 is 0 Å². The largest absolute Gasteiger partial charge is 0.481 e. The molecular weight excluding hydrogens is 366 g/mol. The van der Waals surface area contributed by atoms with Crippen LogP contribution in [0.4, 0.5) is 0 Å². The lowest BCUT2D eigenvalue weighted by molar-refractivity contribution is -0.139. The summed E-state index contributed by atoms with van der Waals surface area (Å²) in [6.07, 6.45) is 1.04. The molecule has 2 aromatic heterocycles. The van der Waals surface area contributed by atoms with Crippen molar-refractivity contribution in [3.63, 3.8) is 0 Å². The van der Waals surface area contributed by atoms with Crippen molar-refractivity contribution in [2.45, 2.75) is 32.6 Å². The first kappa shape index (κ1) is 18.9. The van der Waals surface area contributed by atoms with Gasteiger partial charge in [0.1, 0.15) is 5.65 Å². The Morgan fingerprint density at radius 1 is 1.14 bits per heavy atom. The maximum Gasteiger partial charge on any atom is 0.311 e. The van der Waals surface area contributed by atoms with Crippen molar-refractivity contribution < 1.29 is 9.90 Å². The maximum atomic E-state index is 13.5. The highest BCUT2D eigenvalue weighted by Gasteiger charge is 2.30. The number of carboxylic acid groups (broad SMARTS) is 1. The molecule has 0 saturated heterocycles. The highest BCUT2D eigenvalue weighted by Crippen LogP contribution is 2.32. The van der Waals surface area contributed by atoms with Crippen LogP contribution in [0.15, 0.2) is 53.3 Å². The van der Waals surface area contributed by atoms with Gasteiger partial charge in [0.15, 0.2) is 0 Å². The molecule has 0 aliphatic heterocycles. The lowest BCUT2D eigenvalue weighted by Crippen LogP contribution is -2.30. The van der Waals surface area contributed by atoms with Crippen LogP contribution in [-0.2, 0) is 11.8 Å². The Morgan fingerprint density at radius 2 is 1.83 bits per heavy atom. The summed E-state index contributed by atoms with van der Waals surface area (Å²) in [5.74, 6) is -1.89. The Balaban J connectivity index is 2.21. The van der Waals surface area contributed by atoms with Gasteiger partial charge in [-0.05, 0) is 25.5 Å². The molecule has 29 heavy (non-hydrogen) atoms. The summed E-state index contributed by atoms with van der Waals surface area (Å²) >= 11 is 0. The van der Waals surface area contributed by atoms with E-state index in [0.29, 0.717) is 24.2 Å². The minimum Gasteiger partial charge on any atom is -0.481 e. The third kappa shape index (κ3) is 3.01. The van der Waals surface area contributed by atoms with Crippen molar-refractivity contribution in [1.29, 1.82) is 0 Å². The molecule has 0 saturated carbocycles. The fourth-order valence-corrected chi connectivity index (χ4v) is 3.97. The molecule has 2 heterocycles.